The highest BCUT2D eigenvalue weighted by Gasteiger charge is 2.30. The second kappa shape index (κ2) is 69.4. The molecule has 582 valence electrons. The number of esters is 4. The molecule has 0 radical (unpaired) electrons. The molecule has 0 bridgehead atoms. The number of aliphatic hydroxyl groups excluding tert-OH is 1. The Kier molecular flexibility index (Phi) is 68.1. The van der Waals surface area contributed by atoms with Crippen molar-refractivity contribution >= 4 is 39.5 Å². The molecule has 3 N–H and O–H groups in total. The van der Waals surface area contributed by atoms with E-state index in [0.717, 1.165) is 114 Å². The maximum atomic E-state index is 13.1. The summed E-state index contributed by atoms with van der Waals surface area (Å²) in [6.07, 6.45) is 56.8. The van der Waals surface area contributed by atoms with E-state index in [1.807, 2.05) is 0 Å². The summed E-state index contributed by atoms with van der Waals surface area (Å²) in [7, 11) is -9.92. The molecule has 19 heteroatoms. The highest BCUT2D eigenvalue weighted by molar-refractivity contribution is 7.47. The van der Waals surface area contributed by atoms with Gasteiger partial charge in [0.2, 0.25) is 0 Å². The van der Waals surface area contributed by atoms with Crippen molar-refractivity contribution in [1.82, 2.24) is 0 Å². The SMILES string of the molecule is CCCCCCCCCCCCCCCCCCCCC(=O)O[C@H](COC(=O)CCCCCCCCCCCCCCCC(C)C)COP(=O)(O)OC[C@@H](O)COP(=O)(O)OC[C@@H](COC(=O)CCCCCCCCC(C)CC)OC(=O)CCCCCCCCCCCCC(C)CC. The lowest BCUT2D eigenvalue weighted by atomic mass is 9.99. The number of rotatable bonds is 77. The molecule has 0 fully saturated rings. The number of ether oxygens (including phenoxy) is 4. The average molecular weight is 1440 g/mol. The molecule has 0 saturated carbocycles. The lowest BCUT2D eigenvalue weighted by Gasteiger charge is -2.21. The molecule has 0 aromatic heterocycles. The van der Waals surface area contributed by atoms with Gasteiger partial charge in [0.15, 0.2) is 12.2 Å². The first-order valence-corrected chi connectivity index (χ1v) is 43.9. The lowest BCUT2D eigenvalue weighted by molar-refractivity contribution is -0.161. The van der Waals surface area contributed by atoms with Crippen LogP contribution in [0.4, 0.5) is 0 Å². The van der Waals surface area contributed by atoms with Gasteiger partial charge in [-0.05, 0) is 43.4 Å². The molecular weight excluding hydrogens is 1280 g/mol. The van der Waals surface area contributed by atoms with Gasteiger partial charge in [-0.2, -0.15) is 0 Å². The predicted octanol–water partition coefficient (Wildman–Crippen LogP) is 23.4. The number of hydrogen-bond acceptors (Lipinski definition) is 15. The van der Waals surface area contributed by atoms with E-state index >= 15 is 0 Å². The Morgan fingerprint density at radius 1 is 0.296 bits per heavy atom. The van der Waals surface area contributed by atoms with E-state index in [2.05, 4.69) is 48.5 Å². The fourth-order valence-corrected chi connectivity index (χ4v) is 13.6. The van der Waals surface area contributed by atoms with Crippen molar-refractivity contribution in [3.8, 4) is 0 Å². The summed E-state index contributed by atoms with van der Waals surface area (Å²) < 4.78 is 68.7. The molecule has 17 nitrogen and oxygen atoms in total. The quantitative estimate of drug-likeness (QED) is 0.0222. The van der Waals surface area contributed by atoms with Crippen molar-refractivity contribution in [2.45, 2.75) is 426 Å². The van der Waals surface area contributed by atoms with Crippen molar-refractivity contribution in [3.63, 3.8) is 0 Å². The Hall–Kier alpha value is -1.94. The third-order valence-corrected chi connectivity index (χ3v) is 21.0. The summed E-state index contributed by atoms with van der Waals surface area (Å²) in [6.45, 7) is 11.9. The summed E-state index contributed by atoms with van der Waals surface area (Å²) in [5.74, 6) is 0.211. The molecule has 0 spiro atoms. The highest BCUT2D eigenvalue weighted by atomic mass is 31.2. The number of carbonyl (C=O) groups is 4. The van der Waals surface area contributed by atoms with E-state index in [-0.39, 0.29) is 25.7 Å². The number of aliphatic hydroxyl groups is 1. The van der Waals surface area contributed by atoms with Gasteiger partial charge in [-0.1, -0.05) is 357 Å². The van der Waals surface area contributed by atoms with E-state index in [0.29, 0.717) is 25.7 Å². The molecule has 0 aliphatic rings. The van der Waals surface area contributed by atoms with Crippen LogP contribution in [0, 0.1) is 17.8 Å². The van der Waals surface area contributed by atoms with Crippen LogP contribution >= 0.6 is 15.6 Å². The maximum absolute atomic E-state index is 13.1. The first-order chi connectivity index (χ1) is 47.3. The Morgan fingerprint density at radius 3 is 0.776 bits per heavy atom. The average Bonchev–Trinajstić information content (AvgIpc) is 0.991. The number of phosphoric ester groups is 2. The van der Waals surface area contributed by atoms with Crippen molar-refractivity contribution in [3.05, 3.63) is 0 Å². The number of carbonyl (C=O) groups excluding carboxylic acids is 4. The minimum atomic E-state index is -4.96. The maximum Gasteiger partial charge on any atom is 0.472 e. The molecule has 0 rings (SSSR count). The third-order valence-electron chi connectivity index (χ3n) is 19.1. The Morgan fingerprint density at radius 2 is 0.520 bits per heavy atom. The fourth-order valence-electron chi connectivity index (χ4n) is 12.1. The molecule has 4 unspecified atom stereocenters. The van der Waals surface area contributed by atoms with Gasteiger partial charge in [0.25, 0.3) is 0 Å². The summed E-state index contributed by atoms with van der Waals surface area (Å²) in [5, 5.41) is 10.6. The number of phosphoric acid groups is 2. The molecule has 7 atom stereocenters. The van der Waals surface area contributed by atoms with E-state index in [1.54, 1.807) is 0 Å². The zero-order valence-electron chi connectivity index (χ0n) is 64.3. The minimum Gasteiger partial charge on any atom is -0.462 e. The van der Waals surface area contributed by atoms with E-state index < -0.39 is 97.5 Å². The molecule has 0 aromatic carbocycles. The molecule has 0 aromatic rings. The monoisotopic (exact) mass is 1440 g/mol. The van der Waals surface area contributed by atoms with E-state index in [9.17, 15) is 43.2 Å². The molecular formula is C79H154O17P2. The van der Waals surface area contributed by atoms with Crippen LogP contribution in [0.1, 0.15) is 408 Å². The van der Waals surface area contributed by atoms with Crippen molar-refractivity contribution in [2.24, 2.45) is 17.8 Å². The van der Waals surface area contributed by atoms with Gasteiger partial charge in [-0.15, -0.1) is 0 Å². The Labute approximate surface area is 600 Å². The largest absolute Gasteiger partial charge is 0.472 e. The van der Waals surface area contributed by atoms with Crippen LogP contribution < -0.4 is 0 Å². The van der Waals surface area contributed by atoms with Gasteiger partial charge < -0.3 is 33.8 Å². The van der Waals surface area contributed by atoms with Gasteiger partial charge in [-0.25, -0.2) is 9.13 Å². The standard InChI is InChI=1S/C79H154O17P2/c1-8-11-12-13-14-15-16-17-18-19-20-21-24-28-34-39-48-55-62-78(83)95-74(66-89-76(81)60-53-46-38-33-27-25-22-23-26-31-36-43-50-57-70(4)5)68-93-97(85,86)91-64-73(80)65-92-98(87,88)94-69-75(67-90-77(82)61-54-47-42-41-45-52-59-72(7)10-3)96-79(84)63-56-49-40-35-30-29-32-37-44-51-58-71(6)9-2/h70-75,80H,8-69H2,1-7H3,(H,85,86)(H,87,88)/t71?,72?,73-,74-,75-/m1/s1. The van der Waals surface area contributed by atoms with Crippen molar-refractivity contribution in [2.75, 3.05) is 39.6 Å². The zero-order chi connectivity index (χ0) is 72.3. The first kappa shape index (κ1) is 96.1. The van der Waals surface area contributed by atoms with Crippen LogP contribution in [0.5, 0.6) is 0 Å². The topological polar surface area (TPSA) is 237 Å². The normalized spacial score (nSPS) is 14.6. The first-order valence-electron chi connectivity index (χ1n) is 40.9. The zero-order valence-corrected chi connectivity index (χ0v) is 66.0. The van der Waals surface area contributed by atoms with Gasteiger partial charge >= 0.3 is 39.5 Å². The van der Waals surface area contributed by atoms with E-state index in [1.165, 1.54) is 212 Å². The van der Waals surface area contributed by atoms with Crippen molar-refractivity contribution in [1.29, 1.82) is 0 Å². The Bertz CT molecular complexity index is 1910. The molecule has 0 aliphatic carbocycles. The van der Waals surface area contributed by atoms with Crippen LogP contribution in [-0.2, 0) is 65.4 Å². The van der Waals surface area contributed by atoms with E-state index in [4.69, 9.17) is 37.0 Å². The number of hydrogen-bond donors (Lipinski definition) is 3. The predicted molar refractivity (Wildman–Crippen MR) is 400 cm³/mol. The van der Waals surface area contributed by atoms with Gasteiger partial charge in [0.05, 0.1) is 26.4 Å². The third kappa shape index (κ3) is 69.8. The van der Waals surface area contributed by atoms with Crippen LogP contribution in [0.2, 0.25) is 0 Å². The fraction of sp³-hybridized carbons (Fsp3) is 0.949. The summed E-state index contributed by atoms with van der Waals surface area (Å²) >= 11 is 0. The summed E-state index contributed by atoms with van der Waals surface area (Å²) in [4.78, 5) is 73.0. The number of unbranched alkanes of at least 4 members (excludes halogenated alkanes) is 43. The molecule has 98 heavy (non-hydrogen) atoms. The molecule has 0 aliphatic heterocycles. The smallest absolute Gasteiger partial charge is 0.462 e. The van der Waals surface area contributed by atoms with Crippen LogP contribution in [0.3, 0.4) is 0 Å². The van der Waals surface area contributed by atoms with Crippen LogP contribution in [-0.4, -0.2) is 96.7 Å². The lowest BCUT2D eigenvalue weighted by Crippen LogP contribution is -2.30. The summed E-state index contributed by atoms with van der Waals surface area (Å²) in [5.41, 5.74) is 0. The second-order valence-corrected chi connectivity index (χ2v) is 32.3. The molecule has 0 amide bonds. The summed E-state index contributed by atoms with van der Waals surface area (Å²) in [6, 6.07) is 0. The minimum absolute atomic E-state index is 0.105. The Balaban J connectivity index is 5.26. The van der Waals surface area contributed by atoms with Gasteiger partial charge in [-0.3, -0.25) is 37.3 Å². The van der Waals surface area contributed by atoms with Crippen LogP contribution in [0.15, 0.2) is 0 Å². The van der Waals surface area contributed by atoms with Gasteiger partial charge in [0, 0.05) is 25.7 Å². The van der Waals surface area contributed by atoms with Crippen LogP contribution in [0.25, 0.3) is 0 Å². The molecule has 0 heterocycles. The van der Waals surface area contributed by atoms with Crippen molar-refractivity contribution < 1.29 is 80.2 Å². The second-order valence-electron chi connectivity index (χ2n) is 29.4. The highest BCUT2D eigenvalue weighted by Crippen LogP contribution is 2.45. The van der Waals surface area contributed by atoms with Gasteiger partial charge in [0.1, 0.15) is 19.3 Å². The molecule has 0 saturated heterocycles.